The van der Waals surface area contributed by atoms with Crippen LogP contribution in [0, 0.1) is 0 Å². The number of carbonyl (C=O) groups excluding carboxylic acids is 1. The van der Waals surface area contributed by atoms with Crippen LogP contribution in [-0.4, -0.2) is 5.91 Å². The van der Waals surface area contributed by atoms with Crippen LogP contribution in [-0.2, 0) is 0 Å². The van der Waals surface area contributed by atoms with Gasteiger partial charge in [0.25, 0.3) is 5.91 Å². The molecule has 0 saturated heterocycles. The van der Waals surface area contributed by atoms with Gasteiger partial charge in [-0.2, -0.15) is 0 Å². The van der Waals surface area contributed by atoms with Crippen LogP contribution >= 0.6 is 0 Å². The Morgan fingerprint density at radius 3 is 2.45 bits per heavy atom. The van der Waals surface area contributed by atoms with Crippen molar-refractivity contribution < 1.29 is 9.21 Å². The number of benzene rings is 2. The van der Waals surface area contributed by atoms with Crippen LogP contribution in [0.25, 0.3) is 11.0 Å². The molecule has 0 bridgehead atoms. The van der Waals surface area contributed by atoms with Gasteiger partial charge in [-0.3, -0.25) is 4.79 Å². The second kappa shape index (κ2) is 5.01. The van der Waals surface area contributed by atoms with E-state index in [1.807, 2.05) is 12.1 Å². The third kappa shape index (κ3) is 2.31. The summed E-state index contributed by atoms with van der Waals surface area (Å²) < 4.78 is 5.14. The Labute approximate surface area is 114 Å². The van der Waals surface area contributed by atoms with E-state index in [0.717, 1.165) is 0 Å². The standard InChI is InChI=1S/C16H11NO3/c18-15(17-12-7-2-1-3-8-12)13-10-11-6-4-5-9-14(11)20-16(13)19/h1-10H,(H,17,18). The molecule has 0 radical (unpaired) electrons. The predicted octanol–water partition coefficient (Wildman–Crippen LogP) is 3.05. The maximum Gasteiger partial charge on any atom is 0.349 e. The molecule has 4 nitrogen and oxygen atoms in total. The maximum absolute atomic E-state index is 12.1. The number of rotatable bonds is 2. The molecule has 1 N–H and O–H groups in total. The largest absolute Gasteiger partial charge is 0.422 e. The topological polar surface area (TPSA) is 59.3 Å². The van der Waals surface area contributed by atoms with Gasteiger partial charge < -0.3 is 9.73 Å². The molecule has 0 atom stereocenters. The highest BCUT2D eigenvalue weighted by Gasteiger charge is 2.13. The molecule has 3 rings (SSSR count). The highest BCUT2D eigenvalue weighted by molar-refractivity contribution is 6.05. The molecule has 0 aliphatic rings. The zero-order valence-electron chi connectivity index (χ0n) is 10.5. The van der Waals surface area contributed by atoms with Gasteiger partial charge in [-0.25, -0.2) is 4.79 Å². The minimum Gasteiger partial charge on any atom is -0.422 e. The minimum atomic E-state index is -0.642. The van der Waals surface area contributed by atoms with E-state index < -0.39 is 11.5 Å². The second-order valence-electron chi connectivity index (χ2n) is 4.31. The van der Waals surface area contributed by atoms with Crippen molar-refractivity contribution in [3.63, 3.8) is 0 Å². The molecule has 0 aliphatic heterocycles. The Kier molecular flexibility index (Phi) is 3.05. The predicted molar refractivity (Wildman–Crippen MR) is 76.9 cm³/mol. The third-order valence-electron chi connectivity index (χ3n) is 2.92. The number of para-hydroxylation sites is 2. The van der Waals surface area contributed by atoms with Crippen LogP contribution < -0.4 is 10.9 Å². The summed E-state index contributed by atoms with van der Waals surface area (Å²) in [5.41, 5.74) is 0.448. The molecule has 98 valence electrons. The molecule has 0 saturated carbocycles. The first-order valence-corrected chi connectivity index (χ1v) is 6.13. The van der Waals surface area contributed by atoms with Gasteiger partial charge in [0, 0.05) is 11.1 Å². The molecule has 0 aliphatic carbocycles. The highest BCUT2D eigenvalue weighted by atomic mass is 16.4. The van der Waals surface area contributed by atoms with Crippen molar-refractivity contribution >= 4 is 22.6 Å². The average Bonchev–Trinajstić information content (AvgIpc) is 2.47. The first-order chi connectivity index (χ1) is 9.74. The fourth-order valence-corrected chi connectivity index (χ4v) is 1.94. The molecular weight excluding hydrogens is 254 g/mol. The lowest BCUT2D eigenvalue weighted by Gasteiger charge is -2.04. The summed E-state index contributed by atoms with van der Waals surface area (Å²) in [5.74, 6) is -0.476. The van der Waals surface area contributed by atoms with Gasteiger partial charge in [-0.05, 0) is 24.3 Å². The van der Waals surface area contributed by atoms with Gasteiger partial charge in [0.2, 0.25) is 0 Å². The average molecular weight is 265 g/mol. The quantitative estimate of drug-likeness (QED) is 0.724. The lowest BCUT2D eigenvalue weighted by atomic mass is 10.2. The van der Waals surface area contributed by atoms with Crippen molar-refractivity contribution in [1.29, 1.82) is 0 Å². The Morgan fingerprint density at radius 2 is 1.65 bits per heavy atom. The highest BCUT2D eigenvalue weighted by Crippen LogP contribution is 2.14. The zero-order valence-corrected chi connectivity index (χ0v) is 10.5. The summed E-state index contributed by atoms with van der Waals surface area (Å²) in [5, 5.41) is 3.38. The van der Waals surface area contributed by atoms with Crippen molar-refractivity contribution in [2.45, 2.75) is 0 Å². The van der Waals surface area contributed by atoms with Gasteiger partial charge in [0.05, 0.1) is 0 Å². The summed E-state index contributed by atoms with van der Waals surface area (Å²) in [4.78, 5) is 23.9. The Bertz CT molecular complexity index is 822. The third-order valence-corrected chi connectivity index (χ3v) is 2.92. The van der Waals surface area contributed by atoms with Crippen LogP contribution in [0.3, 0.4) is 0 Å². The van der Waals surface area contributed by atoms with Crippen molar-refractivity contribution in [3.8, 4) is 0 Å². The molecular formula is C16H11NO3. The van der Waals surface area contributed by atoms with Gasteiger partial charge in [0.15, 0.2) is 0 Å². The molecule has 20 heavy (non-hydrogen) atoms. The second-order valence-corrected chi connectivity index (χ2v) is 4.31. The summed E-state index contributed by atoms with van der Waals surface area (Å²) >= 11 is 0. The fourth-order valence-electron chi connectivity index (χ4n) is 1.94. The number of anilines is 1. The van der Waals surface area contributed by atoms with E-state index in [2.05, 4.69) is 5.32 Å². The Morgan fingerprint density at radius 1 is 0.950 bits per heavy atom. The SMILES string of the molecule is O=C(Nc1ccccc1)c1cc2ccccc2oc1=O. The molecule has 0 spiro atoms. The zero-order chi connectivity index (χ0) is 13.9. The number of fused-ring (bicyclic) bond motifs is 1. The fraction of sp³-hybridized carbons (Fsp3) is 0. The number of hydrogen-bond donors (Lipinski definition) is 1. The van der Waals surface area contributed by atoms with E-state index in [1.165, 1.54) is 0 Å². The van der Waals surface area contributed by atoms with Crippen LogP contribution in [0.15, 0.2) is 69.9 Å². The molecule has 0 fully saturated rings. The molecule has 4 heteroatoms. The van der Waals surface area contributed by atoms with Crippen LogP contribution in [0.2, 0.25) is 0 Å². The summed E-state index contributed by atoms with van der Waals surface area (Å²) in [7, 11) is 0. The van der Waals surface area contributed by atoms with Gasteiger partial charge in [-0.1, -0.05) is 36.4 Å². The Balaban J connectivity index is 1.99. The molecule has 3 aromatic rings. The molecule has 2 aromatic carbocycles. The monoisotopic (exact) mass is 265 g/mol. The lowest BCUT2D eigenvalue weighted by molar-refractivity contribution is 0.102. The summed E-state index contributed by atoms with van der Waals surface area (Å²) in [6, 6.07) is 17.6. The van der Waals surface area contributed by atoms with E-state index in [4.69, 9.17) is 4.42 Å². The number of hydrogen-bond acceptors (Lipinski definition) is 3. The first-order valence-electron chi connectivity index (χ1n) is 6.13. The van der Waals surface area contributed by atoms with Crippen molar-refractivity contribution in [3.05, 3.63) is 76.6 Å². The summed E-state index contributed by atoms with van der Waals surface area (Å²) in [6.07, 6.45) is 0. The van der Waals surface area contributed by atoms with Crippen LogP contribution in [0.5, 0.6) is 0 Å². The normalized spacial score (nSPS) is 10.4. The number of carbonyl (C=O) groups is 1. The van der Waals surface area contributed by atoms with Gasteiger partial charge in [0.1, 0.15) is 11.1 Å². The molecule has 0 unspecified atom stereocenters. The van der Waals surface area contributed by atoms with Crippen molar-refractivity contribution in [1.82, 2.24) is 0 Å². The molecule has 1 amide bonds. The van der Waals surface area contributed by atoms with E-state index in [-0.39, 0.29) is 5.56 Å². The van der Waals surface area contributed by atoms with E-state index in [0.29, 0.717) is 16.7 Å². The Hall–Kier alpha value is -2.88. The lowest BCUT2D eigenvalue weighted by Crippen LogP contribution is -2.20. The van der Waals surface area contributed by atoms with Crippen molar-refractivity contribution in [2.75, 3.05) is 5.32 Å². The van der Waals surface area contributed by atoms with Gasteiger partial charge >= 0.3 is 5.63 Å². The van der Waals surface area contributed by atoms with Crippen molar-refractivity contribution in [2.24, 2.45) is 0 Å². The first kappa shape index (κ1) is 12.2. The molecule has 1 aromatic heterocycles. The number of nitrogens with one attached hydrogen (secondary N) is 1. The molecule has 1 heterocycles. The van der Waals surface area contributed by atoms with E-state index in [9.17, 15) is 9.59 Å². The minimum absolute atomic E-state index is 0.00690. The maximum atomic E-state index is 12.1. The van der Waals surface area contributed by atoms with Gasteiger partial charge in [-0.15, -0.1) is 0 Å². The van der Waals surface area contributed by atoms with E-state index >= 15 is 0 Å². The van der Waals surface area contributed by atoms with E-state index in [1.54, 1.807) is 48.5 Å². The smallest absolute Gasteiger partial charge is 0.349 e. The number of amides is 1. The summed E-state index contributed by atoms with van der Waals surface area (Å²) in [6.45, 7) is 0. The van der Waals surface area contributed by atoms with Crippen LogP contribution in [0.4, 0.5) is 5.69 Å². The van der Waals surface area contributed by atoms with Crippen LogP contribution in [0.1, 0.15) is 10.4 Å².